The molecule has 1 atom stereocenters. The summed E-state index contributed by atoms with van der Waals surface area (Å²) in [7, 11) is 0. The van der Waals surface area contributed by atoms with E-state index in [9.17, 15) is 14.3 Å². The van der Waals surface area contributed by atoms with Crippen LogP contribution >= 0.6 is 0 Å². The van der Waals surface area contributed by atoms with Gasteiger partial charge in [0.1, 0.15) is 18.2 Å². The maximum Gasteiger partial charge on any atom is 0.335 e. The van der Waals surface area contributed by atoms with E-state index < -0.39 is 23.4 Å². The number of hydrogen-bond donors (Lipinski definition) is 1. The fourth-order valence-corrected chi connectivity index (χ4v) is 4.89. The third-order valence-corrected chi connectivity index (χ3v) is 7.31. The number of carbonyl (C=O) groups is 1. The van der Waals surface area contributed by atoms with E-state index in [0.717, 1.165) is 12.5 Å². The number of fused-ring (bicyclic) bond motifs is 1. The number of halogens is 3. The van der Waals surface area contributed by atoms with Crippen LogP contribution in [0.1, 0.15) is 33.7 Å². The first-order valence-electron chi connectivity index (χ1n) is 13.4. The fourth-order valence-electron chi connectivity index (χ4n) is 4.89. The Morgan fingerprint density at radius 3 is 2.58 bits per heavy atom. The molecule has 11 heteroatoms. The lowest BCUT2D eigenvalue weighted by atomic mass is 10.0. The number of aromatic nitrogens is 3. The molecule has 43 heavy (non-hydrogen) atoms. The molecule has 6 rings (SSSR count). The molecule has 5 aromatic rings. The molecule has 0 bridgehead atoms. The third kappa shape index (κ3) is 5.65. The van der Waals surface area contributed by atoms with Gasteiger partial charge in [-0.05, 0) is 48.4 Å². The van der Waals surface area contributed by atoms with Gasteiger partial charge in [0.25, 0.3) is 0 Å². The molecule has 216 valence electrons. The molecule has 0 spiro atoms. The van der Waals surface area contributed by atoms with Crippen LogP contribution in [0.3, 0.4) is 0 Å². The number of ether oxygens (including phenoxy) is 2. The number of rotatable bonds is 9. The van der Waals surface area contributed by atoms with Gasteiger partial charge in [-0.2, -0.15) is 0 Å². The van der Waals surface area contributed by atoms with Crippen LogP contribution in [0.4, 0.5) is 18.9 Å². The van der Waals surface area contributed by atoms with Gasteiger partial charge in [-0.25, -0.2) is 32.8 Å². The highest BCUT2D eigenvalue weighted by molar-refractivity contribution is 5.92. The Bertz CT molecular complexity index is 1910. The van der Waals surface area contributed by atoms with Crippen molar-refractivity contribution in [3.63, 3.8) is 0 Å². The molecule has 0 radical (unpaired) electrons. The first-order chi connectivity index (χ1) is 20.8. The minimum absolute atomic E-state index is 0.0404. The van der Waals surface area contributed by atoms with Gasteiger partial charge in [-0.15, -0.1) is 0 Å². The van der Waals surface area contributed by atoms with Crippen molar-refractivity contribution in [1.82, 2.24) is 14.5 Å². The molecule has 1 aliphatic heterocycles. The van der Waals surface area contributed by atoms with Crippen LogP contribution < -0.4 is 4.74 Å². The van der Waals surface area contributed by atoms with Crippen molar-refractivity contribution in [1.29, 1.82) is 0 Å². The lowest BCUT2D eigenvalue weighted by molar-refractivity contribution is -0.0589. The van der Waals surface area contributed by atoms with Crippen LogP contribution in [0.25, 0.3) is 27.1 Å². The maximum absolute atomic E-state index is 15.5. The molecule has 1 fully saturated rings. The van der Waals surface area contributed by atoms with Gasteiger partial charge in [-0.1, -0.05) is 24.3 Å². The summed E-state index contributed by atoms with van der Waals surface area (Å²) in [5.41, 5.74) is 1.71. The van der Waals surface area contributed by atoms with Gasteiger partial charge in [0.2, 0.25) is 5.88 Å². The zero-order valence-corrected chi connectivity index (χ0v) is 22.6. The highest BCUT2D eigenvalue weighted by Crippen LogP contribution is 2.30. The van der Waals surface area contributed by atoms with E-state index in [1.165, 1.54) is 48.5 Å². The number of carboxylic acids is 1. The lowest BCUT2D eigenvalue weighted by Gasteiger charge is -2.27. The van der Waals surface area contributed by atoms with Gasteiger partial charge in [0, 0.05) is 30.2 Å². The quantitative estimate of drug-likeness (QED) is 0.194. The first kappa shape index (κ1) is 27.9. The number of benzene rings is 3. The Labute approximate surface area is 243 Å². The van der Waals surface area contributed by atoms with Crippen LogP contribution in [-0.4, -0.2) is 38.3 Å². The third-order valence-electron chi connectivity index (χ3n) is 7.31. The van der Waals surface area contributed by atoms with E-state index in [4.69, 9.17) is 16.0 Å². The molecule has 1 aliphatic rings. The summed E-state index contributed by atoms with van der Waals surface area (Å²) in [6, 6.07) is 16.1. The smallest absolute Gasteiger partial charge is 0.335 e. The summed E-state index contributed by atoms with van der Waals surface area (Å²) in [5.74, 6) is -3.29. The number of nitrogens with zero attached hydrogens (tertiary/aromatic N) is 4. The molecule has 2 aromatic heterocycles. The number of pyridine rings is 1. The van der Waals surface area contributed by atoms with Crippen LogP contribution in [0.5, 0.6) is 5.88 Å². The molecule has 0 amide bonds. The minimum atomic E-state index is -1.10. The fraction of sp³-hybridized carbons (Fsp3) is 0.188. The summed E-state index contributed by atoms with van der Waals surface area (Å²) in [5, 5.41) is 9.45. The highest BCUT2D eigenvalue weighted by Gasteiger charge is 2.24. The zero-order valence-electron chi connectivity index (χ0n) is 22.6. The summed E-state index contributed by atoms with van der Waals surface area (Å²) in [6.07, 6.45) is 0.708. The first-order valence-corrected chi connectivity index (χ1v) is 13.4. The average Bonchev–Trinajstić information content (AvgIpc) is 3.32. The molecule has 1 saturated heterocycles. The van der Waals surface area contributed by atoms with Crippen LogP contribution in [-0.2, 0) is 24.3 Å². The average molecular weight is 585 g/mol. The van der Waals surface area contributed by atoms with Crippen molar-refractivity contribution < 1.29 is 32.5 Å². The van der Waals surface area contributed by atoms with Crippen molar-refractivity contribution in [2.24, 2.45) is 0 Å². The lowest BCUT2D eigenvalue weighted by Crippen LogP contribution is -2.31. The van der Waals surface area contributed by atoms with Crippen molar-refractivity contribution in [2.45, 2.75) is 32.1 Å². The Morgan fingerprint density at radius 2 is 1.86 bits per heavy atom. The summed E-state index contributed by atoms with van der Waals surface area (Å²) in [6.45, 7) is 7.83. The second-order valence-corrected chi connectivity index (χ2v) is 10.0. The molecule has 8 nitrogen and oxygen atoms in total. The molecule has 0 unspecified atom stereocenters. The molecule has 3 heterocycles. The second kappa shape index (κ2) is 11.6. The van der Waals surface area contributed by atoms with E-state index in [1.807, 2.05) is 0 Å². The van der Waals surface area contributed by atoms with Gasteiger partial charge < -0.3 is 19.1 Å². The van der Waals surface area contributed by atoms with E-state index >= 15 is 8.78 Å². The highest BCUT2D eigenvalue weighted by atomic mass is 19.2. The second-order valence-electron chi connectivity index (χ2n) is 10.0. The molecule has 3 aromatic carbocycles. The normalized spacial score (nSPS) is 14.3. The van der Waals surface area contributed by atoms with Crippen LogP contribution in [0.15, 0.2) is 66.7 Å². The van der Waals surface area contributed by atoms with E-state index in [0.29, 0.717) is 30.0 Å². The van der Waals surface area contributed by atoms with Crippen molar-refractivity contribution in [3.8, 4) is 17.1 Å². The van der Waals surface area contributed by atoms with Gasteiger partial charge in [0.05, 0.1) is 41.5 Å². The molecular weight excluding hydrogens is 561 g/mol. The minimum Gasteiger partial charge on any atom is -0.478 e. The summed E-state index contributed by atoms with van der Waals surface area (Å²) in [4.78, 5) is 23.6. The monoisotopic (exact) mass is 584 g/mol. The Balaban J connectivity index is 1.26. The van der Waals surface area contributed by atoms with Gasteiger partial charge in [-0.3, -0.25) is 0 Å². The number of imidazole rings is 1. The van der Waals surface area contributed by atoms with Gasteiger partial charge >= 0.3 is 5.97 Å². The van der Waals surface area contributed by atoms with E-state index in [-0.39, 0.29) is 58.6 Å². The van der Waals surface area contributed by atoms with Gasteiger partial charge in [0.15, 0.2) is 17.3 Å². The summed E-state index contributed by atoms with van der Waals surface area (Å²) < 4.78 is 58.1. The van der Waals surface area contributed by atoms with E-state index in [1.54, 1.807) is 16.7 Å². The van der Waals surface area contributed by atoms with Crippen molar-refractivity contribution in [2.75, 3.05) is 6.61 Å². The number of carboxylic acid groups (broad SMARTS) is 1. The predicted molar refractivity (Wildman–Crippen MR) is 150 cm³/mol. The molecule has 0 saturated carbocycles. The molecular formula is C32H23F3N4O4. The Kier molecular flexibility index (Phi) is 7.52. The summed E-state index contributed by atoms with van der Waals surface area (Å²) >= 11 is 0. The Hall–Kier alpha value is -5.21. The van der Waals surface area contributed by atoms with Crippen molar-refractivity contribution >= 4 is 22.7 Å². The molecule has 1 N–H and O–H groups in total. The van der Waals surface area contributed by atoms with Crippen LogP contribution in [0, 0.1) is 24.0 Å². The maximum atomic E-state index is 15.5. The molecule has 0 aliphatic carbocycles. The van der Waals surface area contributed by atoms with E-state index in [2.05, 4.69) is 14.8 Å². The number of hydrogen-bond acceptors (Lipinski definition) is 5. The predicted octanol–water partition coefficient (Wildman–Crippen LogP) is 6.72. The topological polar surface area (TPSA) is 90.8 Å². The van der Waals surface area contributed by atoms with Crippen molar-refractivity contribution in [3.05, 3.63) is 118 Å². The Morgan fingerprint density at radius 1 is 1.05 bits per heavy atom. The SMILES string of the molecule is [C-]#[N+]c1ccc(COc2cccc(-c3ccc(Cc4nc5ccc(C(=O)O)cc5n4C[C@@H]4CCO4)c(F)c3F)n2)c(F)c1. The standard InChI is InChI=1S/C32H23F3N4O4/c1-36-21-8-5-20(24(33)15-21)17-43-29-4-2-3-25(38-29)23-9-6-18(30(34)31(23)35)14-28-37-26-10-7-19(32(40)41)13-27(26)39(28)16-22-11-12-42-22/h2-10,13,15,22H,11-12,14,16-17H2,(H,40,41)/t22-/m0/s1. The zero-order chi connectivity index (χ0) is 30.1. The number of aromatic carboxylic acids is 1. The van der Waals surface area contributed by atoms with Crippen LogP contribution in [0.2, 0.25) is 0 Å². The largest absolute Gasteiger partial charge is 0.478 e.